The average molecular weight is 425 g/mol. The molecule has 0 amide bonds. The van der Waals surface area contributed by atoms with Gasteiger partial charge in [-0.1, -0.05) is 53.0 Å². The Hall–Kier alpha value is -1.16. The number of aryl methyl sites for hydroxylation is 1. The van der Waals surface area contributed by atoms with Crippen molar-refractivity contribution in [1.82, 2.24) is 4.90 Å². The molecule has 0 N–H and O–H groups in total. The summed E-state index contributed by atoms with van der Waals surface area (Å²) in [5.41, 5.74) is 2.80. The first-order valence-corrected chi connectivity index (χ1v) is 9.39. The number of carbonyl (C=O) groups is 1. The summed E-state index contributed by atoms with van der Waals surface area (Å²) >= 11 is 3.39. The van der Waals surface area contributed by atoms with Crippen molar-refractivity contribution in [2.24, 2.45) is 0 Å². The van der Waals surface area contributed by atoms with Gasteiger partial charge in [0.25, 0.3) is 0 Å². The SMILES string of the molecule is CN(C)CCCCCCc1ccc(C(=O)c2ccc(Br)cc2)cc1.Cl. The molecule has 2 rings (SSSR count). The minimum Gasteiger partial charge on any atom is -0.309 e. The summed E-state index contributed by atoms with van der Waals surface area (Å²) in [5, 5.41) is 0. The maximum absolute atomic E-state index is 12.4. The van der Waals surface area contributed by atoms with Gasteiger partial charge in [0, 0.05) is 15.6 Å². The molecule has 0 radical (unpaired) electrons. The van der Waals surface area contributed by atoms with E-state index in [1.165, 1.54) is 37.8 Å². The van der Waals surface area contributed by atoms with Crippen LogP contribution in [0.25, 0.3) is 0 Å². The van der Waals surface area contributed by atoms with Gasteiger partial charge in [-0.05, 0) is 69.7 Å². The predicted octanol–water partition coefficient (Wildman–Crippen LogP) is 5.77. The molecule has 0 spiro atoms. The van der Waals surface area contributed by atoms with E-state index in [-0.39, 0.29) is 18.2 Å². The molecule has 0 aromatic heterocycles. The quantitative estimate of drug-likeness (QED) is 0.376. The second-order valence-corrected chi connectivity index (χ2v) is 7.42. The molecule has 0 saturated heterocycles. The molecule has 4 heteroatoms. The summed E-state index contributed by atoms with van der Waals surface area (Å²) in [6.07, 6.45) is 6.14. The van der Waals surface area contributed by atoms with Gasteiger partial charge in [0.15, 0.2) is 5.78 Å². The van der Waals surface area contributed by atoms with Gasteiger partial charge in [-0.2, -0.15) is 0 Å². The van der Waals surface area contributed by atoms with E-state index in [0.29, 0.717) is 0 Å². The first-order valence-electron chi connectivity index (χ1n) is 8.60. The number of halogens is 2. The Morgan fingerprint density at radius 1 is 0.840 bits per heavy atom. The van der Waals surface area contributed by atoms with Gasteiger partial charge in [0.2, 0.25) is 0 Å². The second kappa shape index (κ2) is 11.5. The lowest BCUT2D eigenvalue weighted by Crippen LogP contribution is -2.12. The number of rotatable bonds is 9. The third kappa shape index (κ3) is 7.72. The molecule has 0 aliphatic rings. The van der Waals surface area contributed by atoms with Crippen LogP contribution in [-0.4, -0.2) is 31.3 Å². The van der Waals surface area contributed by atoms with Crippen LogP contribution in [0.5, 0.6) is 0 Å². The van der Waals surface area contributed by atoms with E-state index in [0.717, 1.165) is 22.0 Å². The van der Waals surface area contributed by atoms with Crippen LogP contribution in [0.4, 0.5) is 0 Å². The summed E-state index contributed by atoms with van der Waals surface area (Å²) in [5.74, 6) is 0.0812. The highest BCUT2D eigenvalue weighted by molar-refractivity contribution is 9.10. The molecule has 0 unspecified atom stereocenters. The molecule has 2 aromatic rings. The molecule has 2 nitrogen and oxygen atoms in total. The Balaban J connectivity index is 0.00000312. The molecule has 0 atom stereocenters. The number of carbonyl (C=O) groups excluding carboxylic acids is 1. The molecule has 0 saturated carbocycles. The zero-order valence-electron chi connectivity index (χ0n) is 15.0. The number of benzene rings is 2. The Morgan fingerprint density at radius 2 is 1.36 bits per heavy atom. The number of hydrogen-bond acceptors (Lipinski definition) is 2. The molecule has 0 aliphatic heterocycles. The number of unbranched alkanes of at least 4 members (excludes halogenated alkanes) is 3. The minimum atomic E-state index is 0. The zero-order valence-corrected chi connectivity index (χ0v) is 17.4. The summed E-state index contributed by atoms with van der Waals surface area (Å²) in [6, 6.07) is 15.6. The number of ketones is 1. The van der Waals surface area contributed by atoms with Crippen LogP contribution in [0, 0.1) is 0 Å². The van der Waals surface area contributed by atoms with Crippen LogP contribution < -0.4 is 0 Å². The van der Waals surface area contributed by atoms with Crippen LogP contribution >= 0.6 is 28.3 Å². The maximum atomic E-state index is 12.4. The van der Waals surface area contributed by atoms with Gasteiger partial charge in [-0.25, -0.2) is 0 Å². The van der Waals surface area contributed by atoms with E-state index in [1.54, 1.807) is 0 Å². The van der Waals surface area contributed by atoms with Crippen molar-refractivity contribution >= 4 is 34.1 Å². The highest BCUT2D eigenvalue weighted by atomic mass is 79.9. The Morgan fingerprint density at radius 3 is 1.92 bits per heavy atom. The Labute approximate surface area is 166 Å². The monoisotopic (exact) mass is 423 g/mol. The lowest BCUT2D eigenvalue weighted by atomic mass is 10.00. The van der Waals surface area contributed by atoms with Crippen molar-refractivity contribution in [3.63, 3.8) is 0 Å². The molecule has 2 aromatic carbocycles. The van der Waals surface area contributed by atoms with Crippen molar-refractivity contribution < 1.29 is 4.79 Å². The van der Waals surface area contributed by atoms with Gasteiger partial charge in [0.1, 0.15) is 0 Å². The van der Waals surface area contributed by atoms with Crippen molar-refractivity contribution in [2.45, 2.75) is 32.1 Å². The summed E-state index contributed by atoms with van der Waals surface area (Å²) in [7, 11) is 4.24. The van der Waals surface area contributed by atoms with Crippen molar-refractivity contribution in [3.05, 3.63) is 69.7 Å². The molecule has 0 heterocycles. The molecular formula is C21H27BrClNO. The maximum Gasteiger partial charge on any atom is 0.193 e. The first kappa shape index (κ1) is 21.9. The standard InChI is InChI=1S/C21H26BrNO.ClH/c1-23(2)16-6-4-3-5-7-17-8-10-18(11-9-17)21(24)19-12-14-20(22)15-13-19;/h8-15H,3-7,16H2,1-2H3;1H. The molecule has 0 aliphatic carbocycles. The molecule has 0 fully saturated rings. The molecular weight excluding hydrogens is 398 g/mol. The van der Waals surface area contributed by atoms with Gasteiger partial charge in [0.05, 0.1) is 0 Å². The van der Waals surface area contributed by atoms with Gasteiger partial charge >= 0.3 is 0 Å². The van der Waals surface area contributed by atoms with Crippen LogP contribution in [0.15, 0.2) is 53.0 Å². The second-order valence-electron chi connectivity index (χ2n) is 6.50. The molecule has 25 heavy (non-hydrogen) atoms. The van der Waals surface area contributed by atoms with Gasteiger partial charge in [-0.3, -0.25) is 4.79 Å². The van der Waals surface area contributed by atoms with Gasteiger partial charge in [-0.15, -0.1) is 12.4 Å². The predicted molar refractivity (Wildman–Crippen MR) is 112 cm³/mol. The van der Waals surface area contributed by atoms with Crippen LogP contribution in [-0.2, 0) is 6.42 Å². The minimum absolute atomic E-state index is 0. The number of hydrogen-bond donors (Lipinski definition) is 0. The summed E-state index contributed by atoms with van der Waals surface area (Å²) < 4.78 is 0.986. The number of nitrogens with zero attached hydrogens (tertiary/aromatic N) is 1. The van der Waals surface area contributed by atoms with Crippen LogP contribution in [0.1, 0.15) is 47.2 Å². The molecule has 0 bridgehead atoms. The average Bonchev–Trinajstić information content (AvgIpc) is 2.58. The lowest BCUT2D eigenvalue weighted by Gasteiger charge is -2.08. The van der Waals surface area contributed by atoms with Crippen LogP contribution in [0.3, 0.4) is 0 Å². The zero-order chi connectivity index (χ0) is 17.4. The van der Waals surface area contributed by atoms with Crippen LogP contribution in [0.2, 0.25) is 0 Å². The smallest absolute Gasteiger partial charge is 0.193 e. The highest BCUT2D eigenvalue weighted by Crippen LogP contribution is 2.16. The summed E-state index contributed by atoms with van der Waals surface area (Å²) in [4.78, 5) is 14.7. The lowest BCUT2D eigenvalue weighted by molar-refractivity contribution is 0.103. The van der Waals surface area contributed by atoms with Crippen molar-refractivity contribution in [3.8, 4) is 0 Å². The fraction of sp³-hybridized carbons (Fsp3) is 0.381. The normalized spacial score (nSPS) is 10.6. The van der Waals surface area contributed by atoms with E-state index in [1.807, 2.05) is 36.4 Å². The fourth-order valence-electron chi connectivity index (χ4n) is 2.70. The Kier molecular flexibility index (Phi) is 10.0. The van der Waals surface area contributed by atoms with E-state index >= 15 is 0 Å². The Bertz CT molecular complexity index is 638. The third-order valence-corrected chi connectivity index (χ3v) is 4.67. The molecule has 136 valence electrons. The van der Waals surface area contributed by atoms with E-state index in [9.17, 15) is 4.79 Å². The van der Waals surface area contributed by atoms with Crippen molar-refractivity contribution in [1.29, 1.82) is 0 Å². The van der Waals surface area contributed by atoms with E-state index in [2.05, 4.69) is 47.1 Å². The topological polar surface area (TPSA) is 20.3 Å². The highest BCUT2D eigenvalue weighted by Gasteiger charge is 2.08. The summed E-state index contributed by atoms with van der Waals surface area (Å²) in [6.45, 7) is 1.17. The van der Waals surface area contributed by atoms with E-state index in [4.69, 9.17) is 0 Å². The van der Waals surface area contributed by atoms with Crippen molar-refractivity contribution in [2.75, 3.05) is 20.6 Å². The van der Waals surface area contributed by atoms with Gasteiger partial charge < -0.3 is 4.90 Å². The van der Waals surface area contributed by atoms with E-state index < -0.39 is 0 Å². The fourth-order valence-corrected chi connectivity index (χ4v) is 2.97. The first-order chi connectivity index (χ1) is 11.6. The largest absolute Gasteiger partial charge is 0.309 e. The third-order valence-electron chi connectivity index (χ3n) is 4.14.